The number of allylic oxidation sites excluding steroid dienone is 10. The standard InChI is InChI=1S/C60H106O6/c1-4-7-10-13-16-19-22-25-28-30-33-35-38-41-44-47-50-53-59(62)65-56-57(55-64-58(61)52-49-46-43-40-37-34-31-27-24-21-18-15-12-9-6-3)66-60(63)54-51-48-45-42-39-36-32-29-26-23-20-17-14-11-8-5-2/h9,12,15,18,21,24-25,27-28,31,57H,4-8,10-11,13-14,16-17,19-20,22-23,26,29-30,32-56H2,1-3H3/b12-9-,18-15-,24-21-,28-25-,31-27-. The summed E-state index contributed by atoms with van der Waals surface area (Å²) in [7, 11) is 0. The monoisotopic (exact) mass is 923 g/mol. The molecule has 0 fully saturated rings. The highest BCUT2D eigenvalue weighted by Gasteiger charge is 2.19. The zero-order valence-corrected chi connectivity index (χ0v) is 43.7. The second-order valence-electron chi connectivity index (χ2n) is 18.9. The topological polar surface area (TPSA) is 78.9 Å². The van der Waals surface area contributed by atoms with E-state index in [2.05, 4.69) is 63.3 Å². The Hall–Kier alpha value is -2.89. The van der Waals surface area contributed by atoms with Crippen LogP contribution in [0.3, 0.4) is 0 Å². The first-order valence-corrected chi connectivity index (χ1v) is 28.3. The SMILES string of the molecule is CC\C=C/C=C\C=C/C=C\CCCCCCCC(=O)OCC(COC(=O)CCCCCCCCC/C=C\CCCCCCCC)OC(=O)CCCCCCCCCCCCCCCCCC. The molecular weight excluding hydrogens is 817 g/mol. The fourth-order valence-corrected chi connectivity index (χ4v) is 8.10. The number of hydrogen-bond acceptors (Lipinski definition) is 6. The minimum atomic E-state index is -0.784. The van der Waals surface area contributed by atoms with E-state index < -0.39 is 6.10 Å². The Kier molecular flexibility index (Phi) is 52.3. The quantitative estimate of drug-likeness (QED) is 0.0199. The van der Waals surface area contributed by atoms with Crippen molar-refractivity contribution in [3.05, 3.63) is 60.8 Å². The first kappa shape index (κ1) is 63.1. The lowest BCUT2D eigenvalue weighted by atomic mass is 10.0. The first-order valence-electron chi connectivity index (χ1n) is 28.3. The van der Waals surface area contributed by atoms with Crippen LogP contribution in [0.5, 0.6) is 0 Å². The predicted octanol–water partition coefficient (Wildman–Crippen LogP) is 18.8. The van der Waals surface area contributed by atoms with E-state index in [-0.39, 0.29) is 31.1 Å². The van der Waals surface area contributed by atoms with Crippen LogP contribution in [-0.2, 0) is 28.6 Å². The molecule has 0 aliphatic rings. The van der Waals surface area contributed by atoms with Crippen LogP contribution in [-0.4, -0.2) is 37.2 Å². The molecule has 0 aromatic rings. The molecule has 66 heavy (non-hydrogen) atoms. The van der Waals surface area contributed by atoms with Gasteiger partial charge < -0.3 is 14.2 Å². The summed E-state index contributed by atoms with van der Waals surface area (Å²) in [4.78, 5) is 38.1. The van der Waals surface area contributed by atoms with Crippen molar-refractivity contribution in [1.82, 2.24) is 0 Å². The maximum absolute atomic E-state index is 12.8. The van der Waals surface area contributed by atoms with E-state index >= 15 is 0 Å². The molecule has 1 unspecified atom stereocenters. The Bertz CT molecular complexity index is 1200. The minimum Gasteiger partial charge on any atom is -0.462 e. The molecule has 0 rings (SSSR count). The molecule has 0 saturated carbocycles. The van der Waals surface area contributed by atoms with Crippen LogP contribution >= 0.6 is 0 Å². The number of hydrogen-bond donors (Lipinski definition) is 0. The van der Waals surface area contributed by atoms with Crippen LogP contribution in [0, 0.1) is 0 Å². The lowest BCUT2D eigenvalue weighted by Crippen LogP contribution is -2.30. The summed E-state index contributed by atoms with van der Waals surface area (Å²) in [5.74, 6) is -0.897. The van der Waals surface area contributed by atoms with Crippen LogP contribution in [0.25, 0.3) is 0 Å². The van der Waals surface area contributed by atoms with E-state index in [4.69, 9.17) is 14.2 Å². The highest BCUT2D eigenvalue weighted by molar-refractivity contribution is 5.71. The summed E-state index contributed by atoms with van der Waals surface area (Å²) in [6, 6.07) is 0. The molecule has 0 N–H and O–H groups in total. The molecule has 1 atom stereocenters. The van der Waals surface area contributed by atoms with Gasteiger partial charge in [0.25, 0.3) is 0 Å². The van der Waals surface area contributed by atoms with E-state index in [9.17, 15) is 14.4 Å². The number of rotatable bonds is 51. The normalized spacial score (nSPS) is 12.5. The van der Waals surface area contributed by atoms with Crippen molar-refractivity contribution in [2.45, 2.75) is 290 Å². The van der Waals surface area contributed by atoms with Gasteiger partial charge in [-0.15, -0.1) is 0 Å². The van der Waals surface area contributed by atoms with Gasteiger partial charge in [-0.05, 0) is 64.2 Å². The van der Waals surface area contributed by atoms with Crippen molar-refractivity contribution in [1.29, 1.82) is 0 Å². The van der Waals surface area contributed by atoms with E-state index in [1.165, 1.54) is 161 Å². The molecular formula is C60H106O6. The van der Waals surface area contributed by atoms with E-state index in [0.29, 0.717) is 19.3 Å². The van der Waals surface area contributed by atoms with Gasteiger partial charge in [0.05, 0.1) is 0 Å². The molecule has 0 spiro atoms. The Morgan fingerprint density at radius 1 is 0.318 bits per heavy atom. The zero-order chi connectivity index (χ0) is 47.9. The lowest BCUT2D eigenvalue weighted by molar-refractivity contribution is -0.167. The summed E-state index contributed by atoms with van der Waals surface area (Å²) >= 11 is 0. The smallest absolute Gasteiger partial charge is 0.306 e. The molecule has 382 valence electrons. The Morgan fingerprint density at radius 3 is 0.970 bits per heavy atom. The van der Waals surface area contributed by atoms with Crippen molar-refractivity contribution in [2.24, 2.45) is 0 Å². The van der Waals surface area contributed by atoms with Crippen molar-refractivity contribution in [2.75, 3.05) is 13.2 Å². The van der Waals surface area contributed by atoms with Gasteiger partial charge in [0.1, 0.15) is 13.2 Å². The molecule has 0 amide bonds. The molecule has 0 aliphatic carbocycles. The molecule has 0 bridgehead atoms. The average Bonchev–Trinajstić information content (AvgIpc) is 3.31. The summed E-state index contributed by atoms with van der Waals surface area (Å²) in [6.07, 6.45) is 67.8. The third kappa shape index (κ3) is 52.1. The van der Waals surface area contributed by atoms with E-state index in [0.717, 1.165) is 83.5 Å². The van der Waals surface area contributed by atoms with Crippen LogP contribution in [0.15, 0.2) is 60.8 Å². The molecule has 0 saturated heterocycles. The second-order valence-corrected chi connectivity index (χ2v) is 18.9. The van der Waals surface area contributed by atoms with Crippen molar-refractivity contribution in [3.63, 3.8) is 0 Å². The van der Waals surface area contributed by atoms with Gasteiger partial charge in [0, 0.05) is 19.3 Å². The van der Waals surface area contributed by atoms with Crippen LogP contribution in [0.4, 0.5) is 0 Å². The summed E-state index contributed by atoms with van der Waals surface area (Å²) in [5, 5.41) is 0. The largest absolute Gasteiger partial charge is 0.462 e. The van der Waals surface area contributed by atoms with Crippen LogP contribution in [0.2, 0.25) is 0 Å². The average molecular weight is 924 g/mol. The summed E-state index contributed by atoms with van der Waals surface area (Å²) in [6.45, 7) is 6.50. The van der Waals surface area contributed by atoms with Gasteiger partial charge >= 0.3 is 17.9 Å². The number of carbonyl (C=O) groups is 3. The summed E-state index contributed by atoms with van der Waals surface area (Å²) < 4.78 is 16.8. The van der Waals surface area contributed by atoms with Gasteiger partial charge in [-0.1, -0.05) is 261 Å². The molecule has 0 heterocycles. The van der Waals surface area contributed by atoms with Gasteiger partial charge in [-0.3, -0.25) is 14.4 Å². The third-order valence-electron chi connectivity index (χ3n) is 12.4. The molecule has 0 radical (unpaired) electrons. The molecule has 0 aromatic carbocycles. The van der Waals surface area contributed by atoms with E-state index in [1.54, 1.807) is 0 Å². The maximum atomic E-state index is 12.8. The fraction of sp³-hybridized carbons (Fsp3) is 0.783. The Labute approximate surface area is 409 Å². The second kappa shape index (κ2) is 54.7. The third-order valence-corrected chi connectivity index (χ3v) is 12.4. The maximum Gasteiger partial charge on any atom is 0.306 e. The van der Waals surface area contributed by atoms with Gasteiger partial charge in [0.2, 0.25) is 0 Å². The zero-order valence-electron chi connectivity index (χ0n) is 43.7. The molecule has 6 nitrogen and oxygen atoms in total. The van der Waals surface area contributed by atoms with Crippen LogP contribution in [0.1, 0.15) is 284 Å². The Balaban J connectivity index is 4.39. The van der Waals surface area contributed by atoms with Gasteiger partial charge in [-0.25, -0.2) is 0 Å². The molecule has 0 aliphatic heterocycles. The van der Waals surface area contributed by atoms with E-state index in [1.807, 2.05) is 18.2 Å². The highest BCUT2D eigenvalue weighted by Crippen LogP contribution is 2.16. The van der Waals surface area contributed by atoms with Crippen molar-refractivity contribution >= 4 is 17.9 Å². The molecule has 0 aromatic heterocycles. The minimum absolute atomic E-state index is 0.0819. The predicted molar refractivity (Wildman–Crippen MR) is 284 cm³/mol. The lowest BCUT2D eigenvalue weighted by Gasteiger charge is -2.18. The van der Waals surface area contributed by atoms with Gasteiger partial charge in [0.15, 0.2) is 6.10 Å². The Morgan fingerprint density at radius 2 is 0.606 bits per heavy atom. The number of carbonyl (C=O) groups excluding carboxylic acids is 3. The van der Waals surface area contributed by atoms with Crippen LogP contribution < -0.4 is 0 Å². The summed E-state index contributed by atoms with van der Waals surface area (Å²) in [5.41, 5.74) is 0. The highest BCUT2D eigenvalue weighted by atomic mass is 16.6. The number of ether oxygens (including phenoxy) is 3. The molecule has 6 heteroatoms. The van der Waals surface area contributed by atoms with Gasteiger partial charge in [-0.2, -0.15) is 0 Å². The first-order chi connectivity index (χ1) is 32.5. The van der Waals surface area contributed by atoms with Crippen molar-refractivity contribution in [3.8, 4) is 0 Å². The van der Waals surface area contributed by atoms with Crippen molar-refractivity contribution < 1.29 is 28.6 Å². The fourth-order valence-electron chi connectivity index (χ4n) is 8.10. The number of unbranched alkanes of at least 4 members (excludes halogenated alkanes) is 33. The number of esters is 3.